The molecule has 4 aromatic rings. The topological polar surface area (TPSA) is 89.2 Å². The van der Waals surface area contributed by atoms with Crippen molar-refractivity contribution in [1.29, 1.82) is 0 Å². The Labute approximate surface area is 158 Å². The van der Waals surface area contributed by atoms with Crippen LogP contribution in [-0.2, 0) is 6.42 Å². The Kier molecular flexibility index (Phi) is 4.71. The van der Waals surface area contributed by atoms with Gasteiger partial charge in [-0.3, -0.25) is 19.0 Å². The Bertz CT molecular complexity index is 1150. The molecule has 8 heteroatoms. The smallest absolute Gasteiger partial charge is 0.270 e. The Morgan fingerprint density at radius 2 is 2.11 bits per heavy atom. The number of fused-ring (bicyclic) bond motifs is 1. The number of hydrogen-bond acceptors (Lipinski definition) is 6. The molecular formula is C19H15N5O2S. The molecule has 1 amide bonds. The standard InChI is InChI=1S/C19H15N5O2S/c25-17(15-11-22-16-5-1-2-9-24(16)19(15)26)21-8-6-14-12-27-18(23-14)13-4-3-7-20-10-13/h1-5,7,9-12H,6,8H2,(H,21,25). The van der Waals surface area contributed by atoms with Crippen molar-refractivity contribution in [2.45, 2.75) is 6.42 Å². The quantitative estimate of drug-likeness (QED) is 0.576. The summed E-state index contributed by atoms with van der Waals surface area (Å²) in [5.74, 6) is -0.437. The van der Waals surface area contributed by atoms with Crippen LogP contribution in [-0.4, -0.2) is 31.8 Å². The third-order valence-corrected chi connectivity index (χ3v) is 4.93. The number of pyridine rings is 2. The van der Waals surface area contributed by atoms with E-state index in [-0.39, 0.29) is 11.1 Å². The summed E-state index contributed by atoms with van der Waals surface area (Å²) in [4.78, 5) is 37.5. The van der Waals surface area contributed by atoms with Gasteiger partial charge < -0.3 is 5.32 Å². The fourth-order valence-electron chi connectivity index (χ4n) is 2.63. The molecule has 0 unspecified atom stereocenters. The highest BCUT2D eigenvalue weighted by Crippen LogP contribution is 2.22. The number of carbonyl (C=O) groups is 1. The monoisotopic (exact) mass is 377 g/mol. The van der Waals surface area contributed by atoms with Crippen molar-refractivity contribution < 1.29 is 4.79 Å². The highest BCUT2D eigenvalue weighted by molar-refractivity contribution is 7.13. The lowest BCUT2D eigenvalue weighted by Gasteiger charge is -2.05. The Morgan fingerprint density at radius 3 is 2.96 bits per heavy atom. The summed E-state index contributed by atoms with van der Waals surface area (Å²) in [5.41, 5.74) is 1.99. The van der Waals surface area contributed by atoms with Crippen molar-refractivity contribution in [3.05, 3.63) is 82.1 Å². The molecule has 0 fully saturated rings. The molecule has 0 aliphatic heterocycles. The molecule has 0 saturated carbocycles. The molecule has 4 heterocycles. The molecule has 0 saturated heterocycles. The first-order valence-electron chi connectivity index (χ1n) is 8.32. The maximum Gasteiger partial charge on any atom is 0.270 e. The van der Waals surface area contributed by atoms with Crippen molar-refractivity contribution in [2.75, 3.05) is 6.54 Å². The molecule has 0 aliphatic carbocycles. The van der Waals surface area contributed by atoms with Crippen molar-refractivity contribution >= 4 is 22.9 Å². The Morgan fingerprint density at radius 1 is 1.19 bits per heavy atom. The zero-order chi connectivity index (χ0) is 18.6. The molecule has 0 radical (unpaired) electrons. The van der Waals surface area contributed by atoms with Crippen LogP contribution in [0, 0.1) is 0 Å². The predicted molar refractivity (Wildman–Crippen MR) is 103 cm³/mol. The molecule has 7 nitrogen and oxygen atoms in total. The molecule has 0 spiro atoms. The van der Waals surface area contributed by atoms with Gasteiger partial charge in [-0.05, 0) is 24.3 Å². The van der Waals surface area contributed by atoms with Gasteiger partial charge >= 0.3 is 0 Å². The van der Waals surface area contributed by atoms with Crippen LogP contribution in [0.5, 0.6) is 0 Å². The van der Waals surface area contributed by atoms with E-state index in [1.54, 1.807) is 36.8 Å². The van der Waals surface area contributed by atoms with Gasteiger partial charge in [0.15, 0.2) is 0 Å². The SMILES string of the molecule is O=C(NCCc1csc(-c2cccnc2)n1)c1cnc2ccccn2c1=O. The molecule has 27 heavy (non-hydrogen) atoms. The van der Waals surface area contributed by atoms with Gasteiger partial charge in [-0.25, -0.2) is 9.97 Å². The van der Waals surface area contributed by atoms with Gasteiger partial charge in [0, 0.05) is 48.7 Å². The van der Waals surface area contributed by atoms with Crippen molar-refractivity contribution in [2.24, 2.45) is 0 Å². The van der Waals surface area contributed by atoms with Crippen molar-refractivity contribution in [3.8, 4) is 10.6 Å². The second-order valence-corrected chi connectivity index (χ2v) is 6.66. The van der Waals surface area contributed by atoms with E-state index in [0.717, 1.165) is 16.3 Å². The fraction of sp³-hybridized carbons (Fsp3) is 0.105. The number of amides is 1. The van der Waals surface area contributed by atoms with E-state index in [1.165, 1.54) is 21.9 Å². The summed E-state index contributed by atoms with van der Waals surface area (Å²) in [6.45, 7) is 0.381. The molecular weight excluding hydrogens is 362 g/mol. The van der Waals surface area contributed by atoms with Crippen LogP contribution in [0.1, 0.15) is 16.1 Å². The maximum atomic E-state index is 12.4. The van der Waals surface area contributed by atoms with E-state index in [4.69, 9.17) is 0 Å². The van der Waals surface area contributed by atoms with Gasteiger partial charge in [-0.15, -0.1) is 11.3 Å². The summed E-state index contributed by atoms with van der Waals surface area (Å²) >= 11 is 1.53. The van der Waals surface area contributed by atoms with Gasteiger partial charge in [0.25, 0.3) is 11.5 Å². The first kappa shape index (κ1) is 17.0. The van der Waals surface area contributed by atoms with E-state index in [2.05, 4.69) is 20.3 Å². The van der Waals surface area contributed by atoms with E-state index >= 15 is 0 Å². The first-order chi connectivity index (χ1) is 13.2. The van der Waals surface area contributed by atoms with Gasteiger partial charge in [0.05, 0.1) is 5.69 Å². The number of carbonyl (C=O) groups excluding carboxylic acids is 1. The van der Waals surface area contributed by atoms with Gasteiger partial charge in [-0.2, -0.15) is 0 Å². The van der Waals surface area contributed by atoms with Crippen molar-refractivity contribution in [1.82, 2.24) is 24.7 Å². The Balaban J connectivity index is 1.41. The lowest BCUT2D eigenvalue weighted by molar-refractivity contribution is 0.0952. The zero-order valence-electron chi connectivity index (χ0n) is 14.2. The third-order valence-electron chi connectivity index (χ3n) is 3.99. The second kappa shape index (κ2) is 7.46. The molecule has 4 rings (SSSR count). The summed E-state index contributed by atoms with van der Waals surface area (Å²) < 4.78 is 1.36. The van der Waals surface area contributed by atoms with E-state index in [0.29, 0.717) is 18.6 Å². The highest BCUT2D eigenvalue weighted by Gasteiger charge is 2.13. The highest BCUT2D eigenvalue weighted by atomic mass is 32.1. The van der Waals surface area contributed by atoms with Gasteiger partial charge in [-0.1, -0.05) is 6.07 Å². The average Bonchev–Trinajstić information content (AvgIpc) is 3.18. The number of thiazole rings is 1. The van der Waals surface area contributed by atoms with E-state index in [1.807, 2.05) is 17.5 Å². The number of hydrogen-bond donors (Lipinski definition) is 1. The largest absolute Gasteiger partial charge is 0.351 e. The van der Waals surface area contributed by atoms with E-state index in [9.17, 15) is 9.59 Å². The summed E-state index contributed by atoms with van der Waals surface area (Å²) in [6.07, 6.45) is 6.97. The van der Waals surface area contributed by atoms with Crippen molar-refractivity contribution in [3.63, 3.8) is 0 Å². The molecule has 0 bridgehead atoms. The van der Waals surface area contributed by atoms with Crippen LogP contribution in [0.15, 0.2) is 65.3 Å². The molecule has 134 valence electrons. The Hall–Kier alpha value is -3.39. The van der Waals surface area contributed by atoms with Crippen LogP contribution in [0.2, 0.25) is 0 Å². The molecule has 1 N–H and O–H groups in total. The molecule has 4 aromatic heterocycles. The normalized spacial score (nSPS) is 10.8. The lowest BCUT2D eigenvalue weighted by Crippen LogP contribution is -2.32. The zero-order valence-corrected chi connectivity index (χ0v) is 15.0. The number of nitrogens with zero attached hydrogens (tertiary/aromatic N) is 4. The maximum absolute atomic E-state index is 12.4. The number of rotatable bonds is 5. The summed E-state index contributed by atoms with van der Waals surface area (Å²) in [7, 11) is 0. The van der Waals surface area contributed by atoms with Crippen LogP contribution in [0.3, 0.4) is 0 Å². The number of nitrogens with one attached hydrogen (secondary N) is 1. The van der Waals surface area contributed by atoms with Crippen LogP contribution < -0.4 is 10.9 Å². The minimum absolute atomic E-state index is 0.0213. The second-order valence-electron chi connectivity index (χ2n) is 5.80. The molecule has 0 aliphatic rings. The predicted octanol–water partition coefficient (Wildman–Crippen LogP) is 2.19. The molecule has 0 aromatic carbocycles. The van der Waals surface area contributed by atoms with Crippen LogP contribution in [0.25, 0.3) is 16.2 Å². The third kappa shape index (κ3) is 3.61. The van der Waals surface area contributed by atoms with Gasteiger partial charge in [0.2, 0.25) is 0 Å². The minimum Gasteiger partial charge on any atom is -0.351 e. The summed E-state index contributed by atoms with van der Waals surface area (Å²) in [5, 5.41) is 5.61. The number of aromatic nitrogens is 4. The average molecular weight is 377 g/mol. The van der Waals surface area contributed by atoms with Crippen LogP contribution >= 0.6 is 11.3 Å². The lowest BCUT2D eigenvalue weighted by atomic mass is 10.2. The van der Waals surface area contributed by atoms with E-state index < -0.39 is 5.91 Å². The van der Waals surface area contributed by atoms with Crippen LogP contribution in [0.4, 0.5) is 0 Å². The minimum atomic E-state index is -0.437. The van der Waals surface area contributed by atoms with Gasteiger partial charge in [0.1, 0.15) is 16.2 Å². The molecule has 0 atom stereocenters. The summed E-state index contributed by atoms with van der Waals surface area (Å²) in [6, 6.07) is 9.05. The first-order valence-corrected chi connectivity index (χ1v) is 9.20. The fourth-order valence-corrected chi connectivity index (χ4v) is 3.47.